The van der Waals surface area contributed by atoms with Gasteiger partial charge in [-0.25, -0.2) is 4.68 Å². The molecule has 0 bridgehead atoms. The molecule has 2 rings (SSSR count). The Morgan fingerprint density at radius 1 is 1.38 bits per heavy atom. The fraction of sp³-hybridized carbons (Fsp3) is 0.100. The van der Waals surface area contributed by atoms with Crippen LogP contribution in [0.5, 0.6) is 0 Å². The fourth-order valence-corrected chi connectivity index (χ4v) is 1.71. The van der Waals surface area contributed by atoms with Crippen LogP contribution in [0.15, 0.2) is 24.4 Å². The zero-order valence-electron chi connectivity index (χ0n) is 8.10. The Hall–Kier alpha value is -1.39. The summed E-state index contributed by atoms with van der Waals surface area (Å²) >= 11 is 11.5. The molecule has 0 amide bonds. The van der Waals surface area contributed by atoms with Gasteiger partial charge in [-0.2, -0.15) is 0 Å². The molecule has 0 radical (unpaired) electrons. The predicted molar refractivity (Wildman–Crippen MR) is 61.1 cm³/mol. The van der Waals surface area contributed by atoms with E-state index in [1.165, 1.54) is 4.68 Å². The summed E-state index contributed by atoms with van der Waals surface area (Å²) < 4.78 is 1.51. The van der Waals surface area contributed by atoms with Crippen LogP contribution in [0.2, 0.25) is 10.2 Å². The number of carbonyl (C=O) groups excluding carboxylic acids is 1. The van der Waals surface area contributed by atoms with Gasteiger partial charge in [-0.15, -0.1) is 5.10 Å². The van der Waals surface area contributed by atoms with E-state index in [9.17, 15) is 4.79 Å². The summed E-state index contributed by atoms with van der Waals surface area (Å²) in [6.07, 6.45) is 2.65. The highest BCUT2D eigenvalue weighted by molar-refractivity contribution is 6.30. The van der Waals surface area contributed by atoms with E-state index in [0.717, 1.165) is 17.5 Å². The maximum Gasteiger partial charge on any atom is 0.171 e. The first-order valence-corrected chi connectivity index (χ1v) is 5.26. The van der Waals surface area contributed by atoms with Crippen molar-refractivity contribution >= 4 is 29.5 Å². The lowest BCUT2D eigenvalue weighted by Crippen LogP contribution is -2.01. The van der Waals surface area contributed by atoms with Gasteiger partial charge >= 0.3 is 0 Å². The Morgan fingerprint density at radius 3 is 2.81 bits per heavy atom. The summed E-state index contributed by atoms with van der Waals surface area (Å²) in [5.74, 6) is 0. The van der Waals surface area contributed by atoms with Crippen molar-refractivity contribution < 1.29 is 4.79 Å². The first-order chi connectivity index (χ1) is 7.70. The molecule has 0 aliphatic carbocycles. The van der Waals surface area contributed by atoms with Crippen LogP contribution in [0.1, 0.15) is 5.56 Å². The number of nitrogens with zero attached hydrogens (tertiary/aromatic N) is 3. The zero-order valence-corrected chi connectivity index (χ0v) is 9.61. The van der Waals surface area contributed by atoms with E-state index in [2.05, 4.69) is 10.3 Å². The van der Waals surface area contributed by atoms with Crippen LogP contribution in [0.4, 0.5) is 0 Å². The first kappa shape index (κ1) is 11.1. The van der Waals surface area contributed by atoms with Crippen molar-refractivity contribution in [2.24, 2.45) is 0 Å². The Labute approximate surface area is 102 Å². The Bertz CT molecular complexity index is 525. The molecule has 4 nitrogen and oxygen atoms in total. The van der Waals surface area contributed by atoms with E-state index in [4.69, 9.17) is 23.2 Å². The molecular formula is C10H7Cl2N3O. The molecule has 82 valence electrons. The highest BCUT2D eigenvalue weighted by Gasteiger charge is 2.07. The average molecular weight is 256 g/mol. The Kier molecular flexibility index (Phi) is 3.22. The number of carbonyl (C=O) groups is 1. The molecule has 16 heavy (non-hydrogen) atoms. The molecule has 6 heteroatoms. The van der Waals surface area contributed by atoms with Gasteiger partial charge in [0.05, 0.1) is 11.9 Å². The van der Waals surface area contributed by atoms with Crippen LogP contribution in [0.3, 0.4) is 0 Å². The number of hydrogen-bond donors (Lipinski definition) is 0. The van der Waals surface area contributed by atoms with Gasteiger partial charge in [0.1, 0.15) is 6.29 Å². The van der Waals surface area contributed by atoms with Gasteiger partial charge < -0.3 is 4.79 Å². The topological polar surface area (TPSA) is 47.8 Å². The van der Waals surface area contributed by atoms with Crippen molar-refractivity contribution in [2.45, 2.75) is 6.42 Å². The summed E-state index contributed by atoms with van der Waals surface area (Å²) in [5, 5.41) is 8.38. The molecule has 0 fully saturated rings. The summed E-state index contributed by atoms with van der Waals surface area (Å²) in [5.41, 5.74) is 1.53. The molecule has 0 aliphatic heterocycles. The van der Waals surface area contributed by atoms with E-state index in [0.29, 0.717) is 10.2 Å². The molecule has 0 saturated heterocycles. The van der Waals surface area contributed by atoms with E-state index in [-0.39, 0.29) is 6.42 Å². The second kappa shape index (κ2) is 4.63. The molecule has 1 aromatic heterocycles. The fourth-order valence-electron chi connectivity index (χ4n) is 1.39. The number of benzene rings is 1. The quantitative estimate of drug-likeness (QED) is 0.791. The minimum Gasteiger partial charge on any atom is -0.303 e. The summed E-state index contributed by atoms with van der Waals surface area (Å²) in [6.45, 7) is 0. The van der Waals surface area contributed by atoms with Gasteiger partial charge in [-0.05, 0) is 23.8 Å². The van der Waals surface area contributed by atoms with Crippen molar-refractivity contribution in [2.75, 3.05) is 0 Å². The van der Waals surface area contributed by atoms with Gasteiger partial charge in [0.2, 0.25) is 0 Å². The van der Waals surface area contributed by atoms with E-state index in [1.54, 1.807) is 24.4 Å². The molecule has 0 aliphatic rings. The summed E-state index contributed by atoms with van der Waals surface area (Å²) in [7, 11) is 0. The average Bonchev–Trinajstić information content (AvgIpc) is 2.65. The standard InChI is InChI=1S/C10H7Cl2N3O/c11-8-1-2-9(7(5-8)3-4-16)15-6-10(12)13-14-15/h1-2,4-6H,3H2. The zero-order chi connectivity index (χ0) is 11.5. The third kappa shape index (κ3) is 2.23. The number of aldehydes is 1. The molecule has 2 aromatic rings. The van der Waals surface area contributed by atoms with Crippen LogP contribution >= 0.6 is 23.2 Å². The smallest absolute Gasteiger partial charge is 0.171 e. The minimum absolute atomic E-state index is 0.271. The highest BCUT2D eigenvalue weighted by atomic mass is 35.5. The van der Waals surface area contributed by atoms with Gasteiger partial charge in [-0.3, -0.25) is 0 Å². The van der Waals surface area contributed by atoms with Crippen LogP contribution in [-0.4, -0.2) is 21.3 Å². The third-order valence-corrected chi connectivity index (χ3v) is 2.47. The van der Waals surface area contributed by atoms with E-state index >= 15 is 0 Å². The number of rotatable bonds is 3. The highest BCUT2D eigenvalue weighted by Crippen LogP contribution is 2.20. The van der Waals surface area contributed by atoms with E-state index < -0.39 is 0 Å². The molecule has 0 N–H and O–H groups in total. The van der Waals surface area contributed by atoms with Gasteiger partial charge in [0.25, 0.3) is 0 Å². The monoisotopic (exact) mass is 255 g/mol. The first-order valence-electron chi connectivity index (χ1n) is 4.51. The van der Waals surface area contributed by atoms with Crippen LogP contribution in [0.25, 0.3) is 5.69 Å². The van der Waals surface area contributed by atoms with Crippen molar-refractivity contribution in [1.29, 1.82) is 0 Å². The lowest BCUT2D eigenvalue weighted by Gasteiger charge is -2.06. The van der Waals surface area contributed by atoms with Gasteiger partial charge in [0.15, 0.2) is 5.15 Å². The minimum atomic E-state index is 0.271. The molecule has 0 saturated carbocycles. The normalized spacial score (nSPS) is 10.4. The SMILES string of the molecule is O=CCc1cc(Cl)ccc1-n1cc(Cl)nn1. The molecule has 0 spiro atoms. The van der Waals surface area contributed by atoms with Crippen LogP contribution < -0.4 is 0 Å². The second-order valence-corrected chi connectivity index (χ2v) is 3.95. The molecule has 1 aromatic carbocycles. The second-order valence-electron chi connectivity index (χ2n) is 3.13. The Balaban J connectivity index is 2.50. The number of halogens is 2. The molecular weight excluding hydrogens is 249 g/mol. The van der Waals surface area contributed by atoms with Crippen molar-refractivity contribution in [3.63, 3.8) is 0 Å². The molecule has 1 heterocycles. The van der Waals surface area contributed by atoms with E-state index in [1.807, 2.05) is 0 Å². The Morgan fingerprint density at radius 2 is 2.19 bits per heavy atom. The van der Waals surface area contributed by atoms with Crippen molar-refractivity contribution in [1.82, 2.24) is 15.0 Å². The van der Waals surface area contributed by atoms with Gasteiger partial charge in [-0.1, -0.05) is 28.4 Å². The van der Waals surface area contributed by atoms with Crippen molar-refractivity contribution in [3.8, 4) is 5.69 Å². The predicted octanol–water partition coefficient (Wildman–Crippen LogP) is 2.32. The van der Waals surface area contributed by atoms with Crippen LogP contribution in [-0.2, 0) is 11.2 Å². The number of hydrogen-bond acceptors (Lipinski definition) is 3. The summed E-state index contributed by atoms with van der Waals surface area (Å²) in [4.78, 5) is 10.6. The largest absolute Gasteiger partial charge is 0.303 e. The number of aromatic nitrogens is 3. The van der Waals surface area contributed by atoms with Crippen molar-refractivity contribution in [3.05, 3.63) is 40.1 Å². The lowest BCUT2D eigenvalue weighted by atomic mass is 10.1. The maximum absolute atomic E-state index is 10.6. The third-order valence-electron chi connectivity index (χ3n) is 2.06. The lowest BCUT2D eigenvalue weighted by molar-refractivity contribution is -0.107. The maximum atomic E-state index is 10.6. The van der Waals surface area contributed by atoms with Crippen LogP contribution in [0, 0.1) is 0 Å². The summed E-state index contributed by atoms with van der Waals surface area (Å²) in [6, 6.07) is 5.22. The molecule has 0 atom stereocenters. The van der Waals surface area contributed by atoms with Gasteiger partial charge in [0, 0.05) is 11.4 Å². The molecule has 0 unspecified atom stereocenters.